The third kappa shape index (κ3) is 4.96. The molecule has 2 aromatic heterocycles. The molecule has 0 unspecified atom stereocenters. The maximum absolute atomic E-state index is 6.52. The van der Waals surface area contributed by atoms with Gasteiger partial charge < -0.3 is 4.42 Å². The molecule has 0 bridgehead atoms. The summed E-state index contributed by atoms with van der Waals surface area (Å²) in [5, 5.41) is 4.43. The van der Waals surface area contributed by atoms with E-state index in [-0.39, 0.29) is 5.41 Å². The highest BCUT2D eigenvalue weighted by Crippen LogP contribution is 2.53. The summed E-state index contributed by atoms with van der Waals surface area (Å²) in [6, 6.07) is 62.0. The molecule has 1 aliphatic carbocycles. The Morgan fingerprint density at radius 3 is 1.70 bits per heavy atom. The van der Waals surface area contributed by atoms with Crippen LogP contribution in [0.1, 0.15) is 25.0 Å². The van der Waals surface area contributed by atoms with Crippen molar-refractivity contribution in [1.82, 2.24) is 15.0 Å². The highest BCUT2D eigenvalue weighted by Gasteiger charge is 2.36. The molecule has 0 radical (unpaired) electrons. The van der Waals surface area contributed by atoms with E-state index in [1.54, 1.807) is 0 Å². The quantitative estimate of drug-likeness (QED) is 0.178. The van der Waals surface area contributed by atoms with Crippen LogP contribution in [0.15, 0.2) is 180 Å². The minimum absolute atomic E-state index is 0.0627. The molecule has 1 aliphatic rings. The van der Waals surface area contributed by atoms with Gasteiger partial charge in [-0.3, -0.25) is 0 Å². The maximum atomic E-state index is 6.52. The highest BCUT2D eigenvalue weighted by molar-refractivity contribution is 6.14. The van der Waals surface area contributed by atoms with Crippen molar-refractivity contribution in [3.8, 4) is 67.5 Å². The Morgan fingerprint density at radius 2 is 0.946 bits per heavy atom. The predicted octanol–water partition coefficient (Wildman–Crippen LogP) is 13.6. The Balaban J connectivity index is 1.09. The molecule has 0 N–H and O–H groups in total. The van der Waals surface area contributed by atoms with Gasteiger partial charge >= 0.3 is 0 Å². The van der Waals surface area contributed by atoms with Crippen molar-refractivity contribution in [1.29, 1.82) is 0 Å². The van der Waals surface area contributed by atoms with E-state index in [0.717, 1.165) is 44.2 Å². The van der Waals surface area contributed by atoms with Gasteiger partial charge in [-0.15, -0.1) is 0 Å². The van der Waals surface area contributed by atoms with Gasteiger partial charge in [-0.2, -0.15) is 0 Å². The molecule has 56 heavy (non-hydrogen) atoms. The number of aromatic nitrogens is 3. The lowest BCUT2D eigenvalue weighted by Gasteiger charge is -2.21. The van der Waals surface area contributed by atoms with Crippen molar-refractivity contribution >= 4 is 32.7 Å². The second kappa shape index (κ2) is 12.4. The first kappa shape index (κ1) is 32.3. The van der Waals surface area contributed by atoms with Crippen LogP contribution in [0.3, 0.4) is 0 Å². The highest BCUT2D eigenvalue weighted by atomic mass is 16.3. The Labute approximate surface area is 324 Å². The molecule has 4 nitrogen and oxygen atoms in total. The zero-order chi connectivity index (χ0) is 37.4. The Kier molecular flexibility index (Phi) is 7.17. The first-order valence-corrected chi connectivity index (χ1v) is 19.1. The molecule has 0 saturated heterocycles. The lowest BCUT2D eigenvalue weighted by molar-refractivity contribution is 0.660. The lowest BCUT2D eigenvalue weighted by Crippen LogP contribution is -2.14. The van der Waals surface area contributed by atoms with Gasteiger partial charge in [0.25, 0.3) is 0 Å². The van der Waals surface area contributed by atoms with Gasteiger partial charge in [0.1, 0.15) is 11.2 Å². The Morgan fingerprint density at radius 1 is 0.375 bits per heavy atom. The molecule has 0 fully saturated rings. The van der Waals surface area contributed by atoms with Crippen LogP contribution < -0.4 is 0 Å². The summed E-state index contributed by atoms with van der Waals surface area (Å²) in [7, 11) is 0. The monoisotopic (exact) mass is 717 g/mol. The Bertz CT molecular complexity index is 3100. The van der Waals surface area contributed by atoms with Crippen LogP contribution in [-0.2, 0) is 5.41 Å². The first-order chi connectivity index (χ1) is 27.5. The molecule has 0 aliphatic heterocycles. The summed E-state index contributed by atoms with van der Waals surface area (Å²) < 4.78 is 6.52. The third-order valence-electron chi connectivity index (χ3n) is 11.6. The van der Waals surface area contributed by atoms with Crippen molar-refractivity contribution in [3.63, 3.8) is 0 Å². The molecule has 8 aromatic carbocycles. The first-order valence-electron chi connectivity index (χ1n) is 19.1. The zero-order valence-electron chi connectivity index (χ0n) is 31.0. The van der Waals surface area contributed by atoms with Crippen molar-refractivity contribution in [2.75, 3.05) is 0 Å². The third-order valence-corrected chi connectivity index (χ3v) is 11.6. The average molecular weight is 718 g/mol. The predicted molar refractivity (Wildman–Crippen MR) is 229 cm³/mol. The van der Waals surface area contributed by atoms with E-state index in [9.17, 15) is 0 Å². The maximum Gasteiger partial charge on any atom is 0.164 e. The second-order valence-electron chi connectivity index (χ2n) is 15.1. The van der Waals surface area contributed by atoms with Crippen LogP contribution in [0.2, 0.25) is 0 Å². The molecule has 0 saturated carbocycles. The van der Waals surface area contributed by atoms with E-state index >= 15 is 0 Å². The van der Waals surface area contributed by atoms with Crippen molar-refractivity contribution < 1.29 is 4.42 Å². The second-order valence-corrected chi connectivity index (χ2v) is 15.1. The van der Waals surface area contributed by atoms with Crippen LogP contribution >= 0.6 is 0 Å². The van der Waals surface area contributed by atoms with Gasteiger partial charge in [-0.25, -0.2) is 15.0 Å². The molecule has 4 heteroatoms. The van der Waals surface area contributed by atoms with E-state index in [1.165, 1.54) is 49.7 Å². The fraction of sp³-hybridized carbons (Fsp3) is 0.0577. The van der Waals surface area contributed by atoms with E-state index in [4.69, 9.17) is 19.4 Å². The largest absolute Gasteiger partial charge is 0.456 e. The standard InChI is InChI=1S/C52H35N3O/c1-52(2)43-24-12-11-21-40(43)47-39(22-13-25-44(47)52)38-29-28-35(36-19-9-10-20-37(36)38)34-27-30-45-42(31-34)48-41(23-14-26-46(48)56-45)51-54-49(32-15-5-3-6-16-32)53-50(55-51)33-17-7-4-8-18-33/h3-31H,1-2H3. The zero-order valence-corrected chi connectivity index (χ0v) is 31.0. The number of fused-ring (bicyclic) bond motifs is 7. The molecule has 11 rings (SSSR count). The van der Waals surface area contributed by atoms with Crippen molar-refractivity contribution in [2.24, 2.45) is 0 Å². The van der Waals surface area contributed by atoms with Gasteiger partial charge in [-0.05, 0) is 73.5 Å². The van der Waals surface area contributed by atoms with Gasteiger partial charge in [-0.1, -0.05) is 172 Å². The number of furan rings is 1. The topological polar surface area (TPSA) is 51.8 Å². The molecule has 10 aromatic rings. The van der Waals surface area contributed by atoms with Crippen LogP contribution in [0.4, 0.5) is 0 Å². The summed E-state index contributed by atoms with van der Waals surface area (Å²) in [4.78, 5) is 15.1. The molecule has 0 spiro atoms. The molecule has 264 valence electrons. The van der Waals surface area contributed by atoms with E-state index < -0.39 is 0 Å². The number of rotatable bonds is 5. The summed E-state index contributed by atoms with van der Waals surface area (Å²) >= 11 is 0. The minimum Gasteiger partial charge on any atom is -0.456 e. The van der Waals surface area contributed by atoms with Crippen LogP contribution in [0.25, 0.3) is 100 Å². The summed E-state index contributed by atoms with van der Waals surface area (Å²) in [6.07, 6.45) is 0. The molecular formula is C52H35N3O. The van der Waals surface area contributed by atoms with Gasteiger partial charge in [0.15, 0.2) is 17.5 Å². The number of benzene rings is 8. The smallest absolute Gasteiger partial charge is 0.164 e. The van der Waals surface area contributed by atoms with E-state index in [2.05, 4.69) is 117 Å². The number of hydrogen-bond donors (Lipinski definition) is 0. The number of nitrogens with zero attached hydrogens (tertiary/aromatic N) is 3. The number of hydrogen-bond acceptors (Lipinski definition) is 4. The minimum atomic E-state index is -0.0627. The molecule has 0 amide bonds. The van der Waals surface area contributed by atoms with Crippen LogP contribution in [0.5, 0.6) is 0 Å². The SMILES string of the molecule is CC1(C)c2ccccc2-c2c(-c3ccc(-c4ccc5oc6cccc(-c7nc(-c8ccccc8)nc(-c8ccccc8)n7)c6c5c4)c4ccccc34)cccc21. The summed E-state index contributed by atoms with van der Waals surface area (Å²) in [6.45, 7) is 4.68. The van der Waals surface area contributed by atoms with Crippen LogP contribution in [-0.4, -0.2) is 15.0 Å². The molecular weight excluding hydrogens is 683 g/mol. The van der Waals surface area contributed by atoms with Gasteiger partial charge in [0.05, 0.1) is 0 Å². The molecule has 2 heterocycles. The Hall–Kier alpha value is -7.17. The molecule has 0 atom stereocenters. The van der Waals surface area contributed by atoms with Crippen molar-refractivity contribution in [3.05, 3.63) is 187 Å². The normalized spacial score (nSPS) is 13.0. The van der Waals surface area contributed by atoms with Crippen molar-refractivity contribution in [2.45, 2.75) is 19.3 Å². The lowest BCUT2D eigenvalue weighted by atomic mass is 9.81. The van der Waals surface area contributed by atoms with Gasteiger partial charge in [0, 0.05) is 32.9 Å². The average Bonchev–Trinajstić information content (AvgIpc) is 3.75. The summed E-state index contributed by atoms with van der Waals surface area (Å²) in [5.74, 6) is 1.86. The fourth-order valence-corrected chi connectivity index (χ4v) is 8.87. The van der Waals surface area contributed by atoms with Gasteiger partial charge in [0.2, 0.25) is 0 Å². The fourth-order valence-electron chi connectivity index (χ4n) is 8.87. The van der Waals surface area contributed by atoms with E-state index in [1.807, 2.05) is 72.8 Å². The van der Waals surface area contributed by atoms with E-state index in [0.29, 0.717) is 17.5 Å². The summed E-state index contributed by atoms with van der Waals surface area (Å²) in [5.41, 5.74) is 14.5. The van der Waals surface area contributed by atoms with Crippen LogP contribution in [0, 0.1) is 0 Å².